The van der Waals surface area contributed by atoms with Gasteiger partial charge in [0.1, 0.15) is 0 Å². The fourth-order valence-corrected chi connectivity index (χ4v) is 2.98. The van der Waals surface area contributed by atoms with Crippen LogP contribution in [0.15, 0.2) is 0 Å². The van der Waals surface area contributed by atoms with Gasteiger partial charge in [-0.05, 0) is 37.5 Å². The summed E-state index contributed by atoms with van der Waals surface area (Å²) in [6.07, 6.45) is 3.15. The first-order chi connectivity index (χ1) is 7.52. The summed E-state index contributed by atoms with van der Waals surface area (Å²) >= 11 is 0. The van der Waals surface area contributed by atoms with Gasteiger partial charge in [0, 0.05) is 13.1 Å². The van der Waals surface area contributed by atoms with Crippen LogP contribution in [-0.4, -0.2) is 40.3 Å². The van der Waals surface area contributed by atoms with E-state index in [1.807, 2.05) is 0 Å². The van der Waals surface area contributed by atoms with E-state index < -0.39 is 12.1 Å². The molecule has 1 heterocycles. The second-order valence-electron chi connectivity index (χ2n) is 5.07. The molecule has 0 bridgehead atoms. The number of hydrogen-bond acceptors (Lipinski definition) is 2. The summed E-state index contributed by atoms with van der Waals surface area (Å²) in [7, 11) is 0. The average Bonchev–Trinajstić information content (AvgIpc) is 2.63. The third-order valence-electron chi connectivity index (χ3n) is 4.10. The Morgan fingerprint density at radius 3 is 2.19 bits per heavy atom. The van der Waals surface area contributed by atoms with Crippen molar-refractivity contribution < 1.29 is 19.8 Å². The highest BCUT2D eigenvalue weighted by Gasteiger charge is 2.43. The van der Waals surface area contributed by atoms with E-state index in [2.05, 4.69) is 0 Å². The predicted molar refractivity (Wildman–Crippen MR) is 56.2 cm³/mol. The van der Waals surface area contributed by atoms with Crippen molar-refractivity contribution in [2.24, 2.45) is 11.3 Å². The summed E-state index contributed by atoms with van der Waals surface area (Å²) in [6.45, 7) is 1.20. The maximum absolute atomic E-state index is 10.8. The highest BCUT2D eigenvalue weighted by Crippen LogP contribution is 2.45. The molecule has 0 atom stereocenters. The first kappa shape index (κ1) is 11.2. The van der Waals surface area contributed by atoms with Crippen molar-refractivity contribution in [1.29, 1.82) is 0 Å². The molecular formula is C11H17NO4. The fraction of sp³-hybridized carbons (Fsp3) is 0.818. The first-order valence-electron chi connectivity index (χ1n) is 5.73. The third-order valence-corrected chi connectivity index (χ3v) is 4.10. The number of carbonyl (C=O) groups is 2. The Bertz CT molecular complexity index is 307. The van der Waals surface area contributed by atoms with E-state index in [1.165, 1.54) is 4.90 Å². The minimum absolute atomic E-state index is 0.0737. The molecule has 5 nitrogen and oxygen atoms in total. The Hall–Kier alpha value is -1.26. The molecule has 2 rings (SSSR count). The summed E-state index contributed by atoms with van der Waals surface area (Å²) in [6, 6.07) is 0. The van der Waals surface area contributed by atoms with Crippen molar-refractivity contribution in [2.75, 3.05) is 13.1 Å². The molecule has 1 aliphatic carbocycles. The first-order valence-corrected chi connectivity index (χ1v) is 5.73. The van der Waals surface area contributed by atoms with Gasteiger partial charge in [0.15, 0.2) is 0 Å². The van der Waals surface area contributed by atoms with Gasteiger partial charge in [0.05, 0.1) is 5.92 Å². The van der Waals surface area contributed by atoms with Crippen LogP contribution in [-0.2, 0) is 4.79 Å². The van der Waals surface area contributed by atoms with Gasteiger partial charge in [-0.2, -0.15) is 0 Å². The van der Waals surface area contributed by atoms with Crippen LogP contribution in [0.2, 0.25) is 0 Å². The van der Waals surface area contributed by atoms with Gasteiger partial charge in [-0.25, -0.2) is 4.79 Å². The lowest BCUT2D eigenvalue weighted by molar-refractivity contribution is -0.143. The number of likely N-dealkylation sites (tertiary alicyclic amines) is 1. The van der Waals surface area contributed by atoms with Crippen LogP contribution < -0.4 is 0 Å². The van der Waals surface area contributed by atoms with Crippen molar-refractivity contribution in [1.82, 2.24) is 4.90 Å². The second-order valence-corrected chi connectivity index (χ2v) is 5.07. The highest BCUT2D eigenvalue weighted by molar-refractivity contribution is 5.70. The maximum atomic E-state index is 10.8. The number of carboxylic acid groups (broad SMARTS) is 2. The zero-order valence-corrected chi connectivity index (χ0v) is 9.19. The van der Waals surface area contributed by atoms with Crippen LogP contribution in [0.5, 0.6) is 0 Å². The van der Waals surface area contributed by atoms with Crippen molar-refractivity contribution in [3.63, 3.8) is 0 Å². The molecule has 0 aromatic heterocycles. The molecule has 2 fully saturated rings. The largest absolute Gasteiger partial charge is 0.481 e. The number of rotatable bonds is 1. The Morgan fingerprint density at radius 1 is 1.12 bits per heavy atom. The number of carboxylic acids is 1. The number of amides is 1. The normalized spacial score (nSPS) is 34.2. The Labute approximate surface area is 94.0 Å². The van der Waals surface area contributed by atoms with Gasteiger partial charge in [-0.1, -0.05) is 0 Å². The number of hydrogen-bond donors (Lipinski definition) is 2. The second kappa shape index (κ2) is 3.96. The van der Waals surface area contributed by atoms with Crippen LogP contribution in [0.4, 0.5) is 4.79 Å². The van der Waals surface area contributed by atoms with E-state index in [4.69, 9.17) is 10.2 Å². The predicted octanol–water partition coefficient (Wildman–Crippen LogP) is 1.63. The van der Waals surface area contributed by atoms with Crippen molar-refractivity contribution in [3.8, 4) is 0 Å². The van der Waals surface area contributed by atoms with Crippen LogP contribution in [0, 0.1) is 11.3 Å². The molecule has 1 amide bonds. The molecule has 0 aromatic rings. The average molecular weight is 227 g/mol. The molecular weight excluding hydrogens is 210 g/mol. The molecule has 1 spiro atoms. The number of aliphatic carboxylic acids is 1. The summed E-state index contributed by atoms with van der Waals surface area (Å²) in [5.41, 5.74) is 0.0737. The topological polar surface area (TPSA) is 77.8 Å². The van der Waals surface area contributed by atoms with Gasteiger partial charge in [0.2, 0.25) is 0 Å². The third kappa shape index (κ3) is 1.99. The lowest BCUT2D eigenvalue weighted by Gasteiger charge is -2.35. The van der Waals surface area contributed by atoms with Gasteiger partial charge in [-0.3, -0.25) is 4.79 Å². The fourth-order valence-electron chi connectivity index (χ4n) is 2.98. The van der Waals surface area contributed by atoms with Crippen LogP contribution in [0.1, 0.15) is 32.1 Å². The van der Waals surface area contributed by atoms with E-state index in [9.17, 15) is 9.59 Å². The molecule has 16 heavy (non-hydrogen) atoms. The molecule has 1 saturated heterocycles. The van der Waals surface area contributed by atoms with Crippen LogP contribution in [0.3, 0.4) is 0 Å². The summed E-state index contributed by atoms with van der Waals surface area (Å²) < 4.78 is 0. The van der Waals surface area contributed by atoms with Gasteiger partial charge in [-0.15, -0.1) is 0 Å². The molecule has 1 aliphatic heterocycles. The molecule has 90 valence electrons. The zero-order valence-electron chi connectivity index (χ0n) is 9.19. The minimum atomic E-state index is -0.850. The maximum Gasteiger partial charge on any atom is 0.407 e. The molecule has 2 aliphatic rings. The van der Waals surface area contributed by atoms with Crippen LogP contribution in [0.25, 0.3) is 0 Å². The lowest BCUT2D eigenvalue weighted by Crippen LogP contribution is -2.35. The molecule has 2 N–H and O–H groups in total. The standard InChI is InChI=1S/C11H17NO4/c13-9(14)8-1-3-11(4-2-8)5-6-12(7-11)10(15)16/h8H,1-7H2,(H,13,14)(H,15,16). The molecule has 0 unspecified atom stereocenters. The molecule has 1 saturated carbocycles. The molecule has 0 radical (unpaired) electrons. The Morgan fingerprint density at radius 2 is 1.75 bits per heavy atom. The van der Waals surface area contributed by atoms with E-state index in [0.717, 1.165) is 19.3 Å². The highest BCUT2D eigenvalue weighted by atomic mass is 16.4. The lowest BCUT2D eigenvalue weighted by atomic mass is 9.70. The monoisotopic (exact) mass is 227 g/mol. The summed E-state index contributed by atoms with van der Waals surface area (Å²) in [4.78, 5) is 23.1. The minimum Gasteiger partial charge on any atom is -0.481 e. The van der Waals surface area contributed by atoms with E-state index in [0.29, 0.717) is 25.9 Å². The van der Waals surface area contributed by atoms with Crippen molar-refractivity contribution in [2.45, 2.75) is 32.1 Å². The van der Waals surface area contributed by atoms with Crippen molar-refractivity contribution >= 4 is 12.1 Å². The molecule has 0 aromatic carbocycles. The smallest absolute Gasteiger partial charge is 0.407 e. The van der Waals surface area contributed by atoms with E-state index in [1.54, 1.807) is 0 Å². The van der Waals surface area contributed by atoms with Gasteiger partial charge in [0.25, 0.3) is 0 Å². The summed E-state index contributed by atoms with van der Waals surface area (Å²) in [5.74, 6) is -0.924. The van der Waals surface area contributed by atoms with Crippen molar-refractivity contribution in [3.05, 3.63) is 0 Å². The quantitative estimate of drug-likeness (QED) is 0.713. The Kier molecular flexibility index (Phi) is 2.78. The van der Waals surface area contributed by atoms with Crippen LogP contribution >= 0.6 is 0 Å². The number of nitrogens with zero attached hydrogens (tertiary/aromatic N) is 1. The van der Waals surface area contributed by atoms with E-state index in [-0.39, 0.29) is 11.3 Å². The van der Waals surface area contributed by atoms with Gasteiger partial charge >= 0.3 is 12.1 Å². The summed E-state index contributed by atoms with van der Waals surface area (Å²) in [5, 5.41) is 17.8. The Balaban J connectivity index is 1.93. The van der Waals surface area contributed by atoms with E-state index >= 15 is 0 Å². The van der Waals surface area contributed by atoms with Gasteiger partial charge < -0.3 is 15.1 Å². The SMILES string of the molecule is O=C(O)C1CCC2(CC1)CCN(C(=O)O)C2. The zero-order chi connectivity index (χ0) is 11.8. The molecule has 5 heteroatoms.